The number of nitro groups is 1. The fourth-order valence-electron chi connectivity index (χ4n) is 1.40. The van der Waals surface area contributed by atoms with Crippen LogP contribution < -0.4 is 5.32 Å². The molecular weight excluding hydrogens is 210 g/mol. The highest BCUT2D eigenvalue weighted by Crippen LogP contribution is 2.23. The Balaban J connectivity index is 2.24. The van der Waals surface area contributed by atoms with Gasteiger partial charge in [0.25, 0.3) is 5.69 Å². The van der Waals surface area contributed by atoms with Crippen molar-refractivity contribution in [2.24, 2.45) is 0 Å². The molecule has 0 radical (unpaired) electrons. The molecule has 0 aliphatic carbocycles. The first-order chi connectivity index (χ1) is 7.70. The van der Waals surface area contributed by atoms with Crippen LogP contribution in [0.5, 0.6) is 0 Å². The second kappa shape index (κ2) is 4.16. The Morgan fingerprint density at radius 2 is 2.31 bits per heavy atom. The number of non-ortho nitro benzene ring substituents is 1. The SMILES string of the molecule is N#Cc1cc([N+](=O)[O-])ccc1NC1COC1. The Morgan fingerprint density at radius 1 is 1.56 bits per heavy atom. The van der Waals surface area contributed by atoms with Crippen molar-refractivity contribution in [3.63, 3.8) is 0 Å². The summed E-state index contributed by atoms with van der Waals surface area (Å²) in [5, 5.41) is 22.5. The number of nitrogens with zero attached hydrogens (tertiary/aromatic N) is 2. The average Bonchev–Trinajstić information content (AvgIpc) is 2.23. The minimum atomic E-state index is -0.517. The first kappa shape index (κ1) is 10.4. The Morgan fingerprint density at radius 3 is 2.81 bits per heavy atom. The molecule has 1 saturated heterocycles. The summed E-state index contributed by atoms with van der Waals surface area (Å²) in [6.07, 6.45) is 0. The third-order valence-electron chi connectivity index (χ3n) is 2.33. The van der Waals surface area contributed by atoms with Crippen LogP contribution >= 0.6 is 0 Å². The highest BCUT2D eigenvalue weighted by atomic mass is 16.6. The molecule has 16 heavy (non-hydrogen) atoms. The molecule has 2 rings (SSSR count). The van der Waals surface area contributed by atoms with Crippen molar-refractivity contribution >= 4 is 11.4 Å². The van der Waals surface area contributed by atoms with E-state index in [4.69, 9.17) is 10.00 Å². The van der Waals surface area contributed by atoms with Crippen LogP contribution in [0.15, 0.2) is 18.2 Å². The zero-order valence-corrected chi connectivity index (χ0v) is 8.34. The van der Waals surface area contributed by atoms with Gasteiger partial charge in [-0.15, -0.1) is 0 Å². The maximum Gasteiger partial charge on any atom is 0.270 e. The normalized spacial score (nSPS) is 14.9. The van der Waals surface area contributed by atoms with Crippen LogP contribution in [0.4, 0.5) is 11.4 Å². The lowest BCUT2D eigenvalue weighted by Crippen LogP contribution is -2.40. The molecule has 0 saturated carbocycles. The number of anilines is 1. The van der Waals surface area contributed by atoms with Crippen molar-refractivity contribution in [3.05, 3.63) is 33.9 Å². The zero-order valence-electron chi connectivity index (χ0n) is 8.34. The fraction of sp³-hybridized carbons (Fsp3) is 0.300. The summed E-state index contributed by atoms with van der Waals surface area (Å²) in [5.41, 5.74) is 0.814. The third kappa shape index (κ3) is 1.94. The van der Waals surface area contributed by atoms with E-state index in [0.717, 1.165) is 0 Å². The van der Waals surface area contributed by atoms with Crippen LogP contribution in [-0.4, -0.2) is 24.2 Å². The molecular formula is C10H9N3O3. The van der Waals surface area contributed by atoms with Crippen molar-refractivity contribution in [3.8, 4) is 6.07 Å². The molecule has 0 aromatic heterocycles. The van der Waals surface area contributed by atoms with Gasteiger partial charge in [0, 0.05) is 12.1 Å². The van der Waals surface area contributed by atoms with Gasteiger partial charge in [0.1, 0.15) is 6.07 Å². The molecule has 1 aromatic rings. The van der Waals surface area contributed by atoms with Crippen LogP contribution in [-0.2, 0) is 4.74 Å². The maximum atomic E-state index is 10.5. The number of ether oxygens (including phenoxy) is 1. The van der Waals surface area contributed by atoms with Gasteiger partial charge >= 0.3 is 0 Å². The zero-order chi connectivity index (χ0) is 11.5. The molecule has 1 N–H and O–H groups in total. The van der Waals surface area contributed by atoms with Crippen LogP contribution in [0.25, 0.3) is 0 Å². The van der Waals surface area contributed by atoms with Gasteiger partial charge in [0.2, 0.25) is 0 Å². The van der Waals surface area contributed by atoms with Crippen molar-refractivity contribution in [1.29, 1.82) is 5.26 Å². The summed E-state index contributed by atoms with van der Waals surface area (Å²) < 4.78 is 4.99. The average molecular weight is 219 g/mol. The topological polar surface area (TPSA) is 88.2 Å². The van der Waals surface area contributed by atoms with Crippen LogP contribution in [0.2, 0.25) is 0 Å². The number of benzene rings is 1. The van der Waals surface area contributed by atoms with E-state index < -0.39 is 4.92 Å². The summed E-state index contributed by atoms with van der Waals surface area (Å²) >= 11 is 0. The van der Waals surface area contributed by atoms with Crippen molar-refractivity contribution in [2.75, 3.05) is 18.5 Å². The van der Waals surface area contributed by atoms with Gasteiger partial charge in [0.15, 0.2) is 0 Å². The molecule has 6 heteroatoms. The van der Waals surface area contributed by atoms with E-state index in [1.54, 1.807) is 6.07 Å². The molecule has 0 atom stereocenters. The minimum Gasteiger partial charge on any atom is -0.377 e. The molecule has 0 spiro atoms. The molecule has 0 bridgehead atoms. The maximum absolute atomic E-state index is 10.5. The number of rotatable bonds is 3. The molecule has 82 valence electrons. The van der Waals surface area contributed by atoms with Gasteiger partial charge in [-0.3, -0.25) is 10.1 Å². The van der Waals surface area contributed by atoms with E-state index in [0.29, 0.717) is 18.9 Å². The number of nitro benzene ring substituents is 1. The van der Waals surface area contributed by atoms with Crippen LogP contribution in [0.1, 0.15) is 5.56 Å². The van der Waals surface area contributed by atoms with E-state index >= 15 is 0 Å². The van der Waals surface area contributed by atoms with Crippen molar-refractivity contribution < 1.29 is 9.66 Å². The second-order valence-corrected chi connectivity index (χ2v) is 3.48. The molecule has 1 heterocycles. The van der Waals surface area contributed by atoms with Gasteiger partial charge in [0.05, 0.1) is 35.4 Å². The summed E-state index contributed by atoms with van der Waals surface area (Å²) in [7, 11) is 0. The first-order valence-corrected chi connectivity index (χ1v) is 4.73. The van der Waals surface area contributed by atoms with E-state index in [1.165, 1.54) is 12.1 Å². The van der Waals surface area contributed by atoms with Crippen LogP contribution in [0, 0.1) is 21.4 Å². The summed E-state index contributed by atoms with van der Waals surface area (Å²) in [6.45, 7) is 1.20. The predicted molar refractivity (Wildman–Crippen MR) is 56.0 cm³/mol. The Hall–Kier alpha value is -2.13. The molecule has 0 unspecified atom stereocenters. The van der Waals surface area contributed by atoms with Gasteiger partial charge in [-0.05, 0) is 6.07 Å². The van der Waals surface area contributed by atoms with Crippen molar-refractivity contribution in [1.82, 2.24) is 0 Å². The van der Waals surface area contributed by atoms with E-state index in [1.807, 2.05) is 6.07 Å². The lowest BCUT2D eigenvalue weighted by atomic mass is 10.1. The van der Waals surface area contributed by atoms with Crippen LogP contribution in [0.3, 0.4) is 0 Å². The Labute approximate surface area is 91.6 Å². The van der Waals surface area contributed by atoms with Gasteiger partial charge < -0.3 is 10.1 Å². The largest absolute Gasteiger partial charge is 0.377 e. The van der Waals surface area contributed by atoms with E-state index in [9.17, 15) is 10.1 Å². The lowest BCUT2D eigenvalue weighted by molar-refractivity contribution is -0.384. The molecule has 0 amide bonds. The second-order valence-electron chi connectivity index (χ2n) is 3.48. The van der Waals surface area contributed by atoms with E-state index in [-0.39, 0.29) is 17.3 Å². The standard InChI is InChI=1S/C10H9N3O3/c11-4-7-3-9(13(14)15)1-2-10(7)12-8-5-16-6-8/h1-3,8,12H,5-6H2. The predicted octanol–water partition coefficient (Wildman–Crippen LogP) is 1.28. The monoisotopic (exact) mass is 219 g/mol. The summed E-state index contributed by atoms with van der Waals surface area (Å²) in [6, 6.07) is 6.32. The molecule has 1 fully saturated rings. The summed E-state index contributed by atoms with van der Waals surface area (Å²) in [4.78, 5) is 10.0. The number of hydrogen-bond donors (Lipinski definition) is 1. The lowest BCUT2D eigenvalue weighted by Gasteiger charge is -2.28. The molecule has 1 aromatic carbocycles. The van der Waals surface area contributed by atoms with Crippen molar-refractivity contribution in [2.45, 2.75) is 6.04 Å². The number of hydrogen-bond acceptors (Lipinski definition) is 5. The minimum absolute atomic E-state index is 0.0769. The highest BCUT2D eigenvalue weighted by molar-refractivity contribution is 5.61. The molecule has 1 aliphatic rings. The van der Waals surface area contributed by atoms with E-state index in [2.05, 4.69) is 5.32 Å². The Bertz CT molecular complexity index is 463. The van der Waals surface area contributed by atoms with Gasteiger partial charge in [-0.1, -0.05) is 0 Å². The fourth-order valence-corrected chi connectivity index (χ4v) is 1.40. The number of nitriles is 1. The quantitative estimate of drug-likeness (QED) is 0.611. The number of nitrogens with one attached hydrogen (secondary N) is 1. The van der Waals surface area contributed by atoms with Gasteiger partial charge in [-0.25, -0.2) is 0 Å². The smallest absolute Gasteiger partial charge is 0.270 e. The molecule has 1 aliphatic heterocycles. The first-order valence-electron chi connectivity index (χ1n) is 4.73. The highest BCUT2D eigenvalue weighted by Gasteiger charge is 2.20. The van der Waals surface area contributed by atoms with Gasteiger partial charge in [-0.2, -0.15) is 5.26 Å². The summed E-state index contributed by atoms with van der Waals surface area (Å²) in [5.74, 6) is 0. The molecule has 6 nitrogen and oxygen atoms in total. The third-order valence-corrected chi connectivity index (χ3v) is 2.33. The Kier molecular flexibility index (Phi) is 2.70.